The Balaban J connectivity index is 1.59. The lowest BCUT2D eigenvalue weighted by Crippen LogP contribution is -2.41. The van der Waals surface area contributed by atoms with E-state index in [-0.39, 0.29) is 5.75 Å². The molecular weight excluding hydrogens is 380 g/mol. The molecule has 1 aromatic carbocycles. The molecule has 27 heavy (non-hydrogen) atoms. The van der Waals surface area contributed by atoms with Crippen molar-refractivity contribution in [1.29, 1.82) is 0 Å². The van der Waals surface area contributed by atoms with Crippen LogP contribution in [0.25, 0.3) is 5.69 Å². The van der Waals surface area contributed by atoms with Gasteiger partial charge in [0.2, 0.25) is 10.0 Å². The van der Waals surface area contributed by atoms with Crippen molar-refractivity contribution >= 4 is 21.8 Å². The van der Waals surface area contributed by atoms with E-state index >= 15 is 0 Å². The number of nitrogens with one attached hydrogen (secondary N) is 1. The Morgan fingerprint density at radius 2 is 1.89 bits per heavy atom. The third-order valence-corrected chi connectivity index (χ3v) is 7.42. The van der Waals surface area contributed by atoms with Crippen LogP contribution in [-0.4, -0.2) is 59.4 Å². The monoisotopic (exact) mass is 408 g/mol. The second-order valence-electron chi connectivity index (χ2n) is 6.98. The van der Waals surface area contributed by atoms with E-state index in [0.717, 1.165) is 28.5 Å². The van der Waals surface area contributed by atoms with E-state index in [1.165, 1.54) is 0 Å². The van der Waals surface area contributed by atoms with Gasteiger partial charge >= 0.3 is 0 Å². The van der Waals surface area contributed by atoms with E-state index < -0.39 is 10.0 Å². The molecule has 0 aliphatic carbocycles. The van der Waals surface area contributed by atoms with Gasteiger partial charge in [0.05, 0.1) is 17.1 Å². The molecule has 0 radical (unpaired) electrons. The van der Waals surface area contributed by atoms with Crippen molar-refractivity contribution in [2.45, 2.75) is 26.3 Å². The van der Waals surface area contributed by atoms with Crippen molar-refractivity contribution in [3.05, 3.63) is 47.8 Å². The summed E-state index contributed by atoms with van der Waals surface area (Å²) in [5.74, 6) is 2.23. The van der Waals surface area contributed by atoms with Gasteiger partial charge in [-0.3, -0.25) is 0 Å². The molecule has 1 aliphatic rings. The highest BCUT2D eigenvalue weighted by molar-refractivity contribution is 7.99. The number of sulfonamides is 1. The Kier molecular flexibility index (Phi) is 6.97. The first-order valence-electron chi connectivity index (χ1n) is 9.37. The molecule has 0 unspecified atom stereocenters. The average molecular weight is 409 g/mol. The maximum atomic E-state index is 12.4. The van der Waals surface area contributed by atoms with E-state index in [0.29, 0.717) is 32.1 Å². The van der Waals surface area contributed by atoms with Crippen LogP contribution in [0.1, 0.15) is 31.0 Å². The molecule has 2 heterocycles. The number of rotatable bonds is 8. The lowest BCUT2D eigenvalue weighted by Gasteiger charge is -2.25. The second-order valence-corrected chi connectivity index (χ2v) is 10.3. The fourth-order valence-electron chi connectivity index (χ4n) is 3.14. The van der Waals surface area contributed by atoms with Gasteiger partial charge in [-0.15, -0.1) is 0 Å². The minimum Gasteiger partial charge on any atom is -0.311 e. The Hall–Kier alpha value is -1.35. The molecule has 0 saturated carbocycles. The predicted molar refractivity (Wildman–Crippen MR) is 112 cm³/mol. The van der Waals surface area contributed by atoms with Gasteiger partial charge < -0.3 is 5.32 Å². The van der Waals surface area contributed by atoms with E-state index in [9.17, 15) is 8.42 Å². The third-order valence-electron chi connectivity index (χ3n) is 4.61. The normalized spacial score (nSPS) is 16.1. The molecule has 8 heteroatoms. The first-order valence-corrected chi connectivity index (χ1v) is 12.1. The molecule has 1 N–H and O–H groups in total. The van der Waals surface area contributed by atoms with Gasteiger partial charge in [0.25, 0.3) is 0 Å². The van der Waals surface area contributed by atoms with E-state index in [1.54, 1.807) is 4.31 Å². The zero-order chi connectivity index (χ0) is 19.3. The molecule has 0 bridgehead atoms. The first-order chi connectivity index (χ1) is 13.0. The molecule has 1 fully saturated rings. The molecule has 0 atom stereocenters. The van der Waals surface area contributed by atoms with Crippen LogP contribution in [-0.2, 0) is 16.6 Å². The summed E-state index contributed by atoms with van der Waals surface area (Å²) in [7, 11) is -3.17. The van der Waals surface area contributed by atoms with Crippen molar-refractivity contribution in [3.63, 3.8) is 0 Å². The minimum absolute atomic E-state index is 0.140. The molecular formula is C19H28N4O2S2. The number of para-hydroxylation sites is 1. The summed E-state index contributed by atoms with van der Waals surface area (Å²) in [5.41, 5.74) is 3.18. The van der Waals surface area contributed by atoms with Crippen LogP contribution < -0.4 is 5.32 Å². The third kappa shape index (κ3) is 5.34. The van der Waals surface area contributed by atoms with Crippen molar-refractivity contribution in [2.75, 3.05) is 36.9 Å². The Bertz CT molecular complexity index is 829. The Morgan fingerprint density at radius 1 is 1.19 bits per heavy atom. The predicted octanol–water partition coefficient (Wildman–Crippen LogP) is 2.46. The summed E-state index contributed by atoms with van der Waals surface area (Å²) in [6, 6.07) is 10.0. The van der Waals surface area contributed by atoms with E-state index in [1.807, 2.05) is 53.0 Å². The zero-order valence-corrected chi connectivity index (χ0v) is 17.6. The van der Waals surface area contributed by atoms with Gasteiger partial charge in [-0.2, -0.15) is 16.9 Å². The van der Waals surface area contributed by atoms with Crippen LogP contribution in [0.15, 0.2) is 36.5 Å². The molecule has 148 valence electrons. The summed E-state index contributed by atoms with van der Waals surface area (Å²) in [6.45, 7) is 6.58. The number of thioether (sulfide) groups is 1. The highest BCUT2D eigenvalue weighted by Gasteiger charge is 2.23. The molecule has 1 saturated heterocycles. The molecule has 0 amide bonds. The topological polar surface area (TPSA) is 67.2 Å². The van der Waals surface area contributed by atoms with E-state index in [4.69, 9.17) is 5.10 Å². The van der Waals surface area contributed by atoms with E-state index in [2.05, 4.69) is 19.2 Å². The zero-order valence-electron chi connectivity index (χ0n) is 16.0. The largest absolute Gasteiger partial charge is 0.311 e. The summed E-state index contributed by atoms with van der Waals surface area (Å²) < 4.78 is 28.4. The number of hydrogen-bond donors (Lipinski definition) is 1. The lowest BCUT2D eigenvalue weighted by molar-refractivity contribution is 0.442. The maximum absolute atomic E-state index is 12.4. The Morgan fingerprint density at radius 3 is 2.56 bits per heavy atom. The van der Waals surface area contributed by atoms with Crippen molar-refractivity contribution in [1.82, 2.24) is 19.4 Å². The summed E-state index contributed by atoms with van der Waals surface area (Å²) in [6.07, 6.45) is 2.04. The van der Waals surface area contributed by atoms with Gasteiger partial charge in [0, 0.05) is 49.4 Å². The van der Waals surface area contributed by atoms with Crippen LogP contribution in [0.3, 0.4) is 0 Å². The van der Waals surface area contributed by atoms with Crippen molar-refractivity contribution < 1.29 is 8.42 Å². The average Bonchev–Trinajstić information content (AvgIpc) is 3.11. The van der Waals surface area contributed by atoms with Gasteiger partial charge in [-0.1, -0.05) is 32.0 Å². The molecule has 1 aromatic heterocycles. The van der Waals surface area contributed by atoms with Gasteiger partial charge in [0.15, 0.2) is 0 Å². The van der Waals surface area contributed by atoms with Crippen LogP contribution in [0.4, 0.5) is 0 Å². The second kappa shape index (κ2) is 9.23. The molecule has 1 aliphatic heterocycles. The first kappa shape index (κ1) is 20.4. The molecule has 3 rings (SSSR count). The number of benzene rings is 1. The van der Waals surface area contributed by atoms with Crippen molar-refractivity contribution in [2.24, 2.45) is 0 Å². The smallest absolute Gasteiger partial charge is 0.215 e. The summed E-state index contributed by atoms with van der Waals surface area (Å²) >= 11 is 1.81. The molecule has 0 spiro atoms. The van der Waals surface area contributed by atoms with Crippen LogP contribution >= 0.6 is 11.8 Å². The van der Waals surface area contributed by atoms with Crippen LogP contribution in [0.2, 0.25) is 0 Å². The molecule has 2 aromatic rings. The van der Waals surface area contributed by atoms with Gasteiger partial charge in [-0.25, -0.2) is 17.4 Å². The Labute approximate surface area is 166 Å². The fraction of sp³-hybridized carbons (Fsp3) is 0.526. The summed E-state index contributed by atoms with van der Waals surface area (Å²) in [4.78, 5) is 0. The van der Waals surface area contributed by atoms with Crippen LogP contribution in [0.5, 0.6) is 0 Å². The maximum Gasteiger partial charge on any atom is 0.215 e. The number of nitrogens with zero attached hydrogens (tertiary/aromatic N) is 3. The standard InChI is InChI=1S/C19H28N4O2S2/c1-16(2)19-17(15-23(21-19)18-6-4-3-5-7-18)14-20-8-13-27(24,25)22-9-11-26-12-10-22/h3-7,15-16,20H,8-14H2,1-2H3. The summed E-state index contributed by atoms with van der Waals surface area (Å²) in [5, 5.41) is 8.02. The minimum atomic E-state index is -3.17. The fourth-order valence-corrected chi connectivity index (χ4v) is 5.67. The highest BCUT2D eigenvalue weighted by atomic mass is 32.2. The number of aromatic nitrogens is 2. The van der Waals surface area contributed by atoms with Crippen LogP contribution in [0, 0.1) is 0 Å². The molecule has 6 nitrogen and oxygen atoms in total. The highest BCUT2D eigenvalue weighted by Crippen LogP contribution is 2.20. The van der Waals surface area contributed by atoms with Gasteiger partial charge in [0.1, 0.15) is 0 Å². The number of hydrogen-bond acceptors (Lipinski definition) is 5. The van der Waals surface area contributed by atoms with Crippen molar-refractivity contribution in [3.8, 4) is 5.69 Å². The quantitative estimate of drug-likeness (QED) is 0.680. The lowest BCUT2D eigenvalue weighted by atomic mass is 10.1. The SMILES string of the molecule is CC(C)c1nn(-c2ccccc2)cc1CNCCS(=O)(=O)N1CCSCC1. The van der Waals surface area contributed by atoms with Gasteiger partial charge in [-0.05, 0) is 18.1 Å².